The summed E-state index contributed by atoms with van der Waals surface area (Å²) >= 11 is 0. The number of halogens is 2. The van der Waals surface area contributed by atoms with Gasteiger partial charge in [0.2, 0.25) is 5.83 Å². The van der Waals surface area contributed by atoms with Crippen LogP contribution in [0.5, 0.6) is 17.2 Å². The molecule has 0 N–H and O–H groups in total. The fourth-order valence-corrected chi connectivity index (χ4v) is 4.84. The first-order chi connectivity index (χ1) is 22.3. The first-order valence-corrected chi connectivity index (χ1v) is 15.4. The molecule has 3 aromatic rings. The number of hydrogen-bond acceptors (Lipinski definition) is 8. The number of carbonyl (C=O) groups excluding carboxylic acids is 3. The Morgan fingerprint density at radius 2 is 1.24 bits per heavy atom. The Hall–Kier alpha value is -4.73. The number of carbonyl (C=O) groups is 3. The van der Waals surface area contributed by atoms with Crippen LogP contribution in [0.1, 0.15) is 79.5 Å². The van der Waals surface area contributed by atoms with Gasteiger partial charge in [-0.3, -0.25) is 4.79 Å². The van der Waals surface area contributed by atoms with E-state index in [0.29, 0.717) is 73.9 Å². The van der Waals surface area contributed by atoms with Gasteiger partial charge in [-0.15, -0.1) is 0 Å². The molecule has 0 saturated heterocycles. The molecule has 0 aromatic heterocycles. The average molecular weight is 637 g/mol. The summed E-state index contributed by atoms with van der Waals surface area (Å²) in [6, 6.07) is 16.8. The van der Waals surface area contributed by atoms with Crippen LogP contribution in [0.15, 0.2) is 73.1 Å². The maximum atomic E-state index is 15.6. The lowest BCUT2D eigenvalue weighted by atomic mass is 10.0. The van der Waals surface area contributed by atoms with Gasteiger partial charge in [0, 0.05) is 12.0 Å². The van der Waals surface area contributed by atoms with Crippen molar-refractivity contribution in [2.45, 2.75) is 58.0 Å². The molecule has 10 heteroatoms. The van der Waals surface area contributed by atoms with E-state index >= 15 is 4.39 Å². The minimum atomic E-state index is -1.41. The lowest BCUT2D eigenvalue weighted by molar-refractivity contribution is -0.143. The van der Waals surface area contributed by atoms with Crippen molar-refractivity contribution in [1.82, 2.24) is 0 Å². The molecule has 8 nitrogen and oxygen atoms in total. The third-order valence-corrected chi connectivity index (χ3v) is 7.30. The number of unbranched alkanes of at least 4 members (excludes halogenated alkanes) is 4. The average Bonchev–Trinajstić information content (AvgIpc) is 3.34. The summed E-state index contributed by atoms with van der Waals surface area (Å²) in [4.78, 5) is 35.1. The highest BCUT2D eigenvalue weighted by Crippen LogP contribution is 2.47. The van der Waals surface area contributed by atoms with E-state index in [-0.39, 0.29) is 18.1 Å². The summed E-state index contributed by atoms with van der Waals surface area (Å²) in [5, 5.41) is 0. The number of esters is 3. The largest absolute Gasteiger partial charge is 0.494 e. The maximum absolute atomic E-state index is 15.6. The lowest BCUT2D eigenvalue weighted by Gasteiger charge is -2.09. The predicted molar refractivity (Wildman–Crippen MR) is 167 cm³/mol. The van der Waals surface area contributed by atoms with Crippen molar-refractivity contribution in [1.29, 1.82) is 0 Å². The topological polar surface area (TPSA) is 97.4 Å². The third kappa shape index (κ3) is 9.63. The Morgan fingerprint density at radius 3 is 1.93 bits per heavy atom. The van der Waals surface area contributed by atoms with Crippen molar-refractivity contribution in [3.05, 3.63) is 89.8 Å². The van der Waals surface area contributed by atoms with Gasteiger partial charge in [-0.25, -0.2) is 14.0 Å². The molecule has 46 heavy (non-hydrogen) atoms. The second kappa shape index (κ2) is 17.1. The molecule has 0 aliphatic heterocycles. The Bertz CT molecular complexity index is 1520. The normalized spacial score (nSPS) is 12.9. The van der Waals surface area contributed by atoms with E-state index in [0.717, 1.165) is 30.4 Å². The van der Waals surface area contributed by atoms with Crippen LogP contribution >= 0.6 is 0 Å². The monoisotopic (exact) mass is 636 g/mol. The van der Waals surface area contributed by atoms with Crippen LogP contribution in [-0.2, 0) is 19.1 Å². The van der Waals surface area contributed by atoms with E-state index in [4.69, 9.17) is 23.7 Å². The van der Waals surface area contributed by atoms with Crippen molar-refractivity contribution in [2.24, 2.45) is 0 Å². The summed E-state index contributed by atoms with van der Waals surface area (Å²) < 4.78 is 54.9. The fraction of sp³-hybridized carbons (Fsp3) is 0.361. The SMILES string of the molecule is C=C(F)C(=O)OCCCCCCOc1ccc(OC(=O)c2ccc3c(c2)C(F)c2cc(OCCCCOC(=O)CC)ccc2-3)cc1. The first kappa shape index (κ1) is 34.1. The molecule has 1 atom stereocenters. The lowest BCUT2D eigenvalue weighted by Crippen LogP contribution is -2.09. The molecule has 0 saturated carbocycles. The van der Waals surface area contributed by atoms with E-state index in [9.17, 15) is 18.8 Å². The van der Waals surface area contributed by atoms with Crippen LogP contribution in [0.4, 0.5) is 8.78 Å². The van der Waals surface area contributed by atoms with Gasteiger partial charge in [-0.2, -0.15) is 4.39 Å². The van der Waals surface area contributed by atoms with Crippen LogP contribution in [0, 0.1) is 0 Å². The van der Waals surface area contributed by atoms with E-state index in [1.807, 2.05) is 6.07 Å². The van der Waals surface area contributed by atoms with E-state index in [1.165, 1.54) is 6.07 Å². The molecule has 244 valence electrons. The Labute approximate surface area is 267 Å². The second-order valence-electron chi connectivity index (χ2n) is 10.7. The van der Waals surface area contributed by atoms with Crippen molar-refractivity contribution < 1.29 is 46.8 Å². The van der Waals surface area contributed by atoms with Gasteiger partial charge in [0.05, 0.1) is 32.0 Å². The molecule has 0 fully saturated rings. The molecular weight excluding hydrogens is 598 g/mol. The molecule has 0 spiro atoms. The van der Waals surface area contributed by atoms with Crippen LogP contribution in [0.2, 0.25) is 0 Å². The molecule has 0 heterocycles. The molecule has 1 aliphatic rings. The predicted octanol–water partition coefficient (Wildman–Crippen LogP) is 8.02. The van der Waals surface area contributed by atoms with Crippen molar-refractivity contribution in [2.75, 3.05) is 26.4 Å². The van der Waals surface area contributed by atoms with Crippen LogP contribution in [0.3, 0.4) is 0 Å². The van der Waals surface area contributed by atoms with Crippen molar-refractivity contribution in [3.63, 3.8) is 0 Å². The highest BCUT2D eigenvalue weighted by molar-refractivity contribution is 5.93. The van der Waals surface area contributed by atoms with Crippen LogP contribution in [-0.4, -0.2) is 44.3 Å². The zero-order valence-electron chi connectivity index (χ0n) is 25.9. The van der Waals surface area contributed by atoms with E-state index < -0.39 is 23.9 Å². The molecule has 0 radical (unpaired) electrons. The molecule has 1 unspecified atom stereocenters. The molecule has 1 aliphatic carbocycles. The van der Waals surface area contributed by atoms with Gasteiger partial charge in [0.25, 0.3) is 0 Å². The zero-order chi connectivity index (χ0) is 32.9. The first-order valence-electron chi connectivity index (χ1n) is 15.4. The smallest absolute Gasteiger partial charge is 0.366 e. The summed E-state index contributed by atoms with van der Waals surface area (Å²) in [6.07, 6.45) is 3.37. The van der Waals surface area contributed by atoms with Gasteiger partial charge < -0.3 is 23.7 Å². The van der Waals surface area contributed by atoms with E-state index in [1.54, 1.807) is 55.5 Å². The minimum Gasteiger partial charge on any atom is -0.494 e. The van der Waals surface area contributed by atoms with Crippen LogP contribution < -0.4 is 14.2 Å². The molecule has 3 aromatic carbocycles. The van der Waals surface area contributed by atoms with Crippen molar-refractivity contribution >= 4 is 17.9 Å². The summed E-state index contributed by atoms with van der Waals surface area (Å²) in [7, 11) is 0. The number of benzene rings is 3. The number of fused-ring (bicyclic) bond motifs is 3. The Balaban J connectivity index is 1.21. The number of ether oxygens (including phenoxy) is 5. The number of hydrogen-bond donors (Lipinski definition) is 0. The van der Waals surface area contributed by atoms with Crippen molar-refractivity contribution in [3.8, 4) is 28.4 Å². The summed E-state index contributed by atoms with van der Waals surface area (Å²) in [5.74, 6) is -1.46. The minimum absolute atomic E-state index is 0.148. The molecular formula is C36H38F2O8. The number of alkyl halides is 1. The quantitative estimate of drug-likeness (QED) is 0.0599. The van der Waals surface area contributed by atoms with Gasteiger partial charge in [0.15, 0.2) is 6.17 Å². The summed E-state index contributed by atoms with van der Waals surface area (Å²) in [6.45, 7) is 6.03. The van der Waals surface area contributed by atoms with Gasteiger partial charge in [0.1, 0.15) is 17.2 Å². The fourth-order valence-electron chi connectivity index (χ4n) is 4.84. The van der Waals surface area contributed by atoms with Gasteiger partial charge >= 0.3 is 17.9 Å². The Morgan fingerprint density at radius 1 is 0.696 bits per heavy atom. The highest BCUT2D eigenvalue weighted by Gasteiger charge is 2.30. The third-order valence-electron chi connectivity index (χ3n) is 7.30. The molecule has 4 rings (SSSR count). The highest BCUT2D eigenvalue weighted by atomic mass is 19.1. The zero-order valence-corrected chi connectivity index (χ0v) is 25.9. The Kier molecular flexibility index (Phi) is 12.7. The number of rotatable bonds is 18. The molecule has 0 amide bonds. The summed E-state index contributed by atoms with van der Waals surface area (Å²) in [5.41, 5.74) is 2.59. The maximum Gasteiger partial charge on any atom is 0.366 e. The van der Waals surface area contributed by atoms with Gasteiger partial charge in [-0.1, -0.05) is 25.6 Å². The van der Waals surface area contributed by atoms with E-state index in [2.05, 4.69) is 6.58 Å². The van der Waals surface area contributed by atoms with Crippen LogP contribution in [0.25, 0.3) is 11.1 Å². The second-order valence-corrected chi connectivity index (χ2v) is 10.7. The molecule has 0 bridgehead atoms. The standard InChI is InChI=1S/C36H38F2O8/c1-3-33(39)44-20-9-8-19-43-28-15-17-30-29-16-10-25(22-31(29)34(38)32(30)23-28)36(41)46-27-13-11-26(12-14-27)42-18-6-4-5-7-21-45-35(40)24(2)37/h10-17,22-23,34H,2-9,18-21H2,1H3. The van der Waals surface area contributed by atoms with Gasteiger partial charge in [-0.05, 0) is 104 Å².